The lowest BCUT2D eigenvalue weighted by Crippen LogP contribution is -2.27. The van der Waals surface area contributed by atoms with Crippen LogP contribution in [0.3, 0.4) is 0 Å². The molecule has 0 saturated heterocycles. The molecular formula is C13H14F2N4O. The third-order valence-corrected chi connectivity index (χ3v) is 2.79. The molecule has 0 radical (unpaired) electrons. The molecule has 1 aromatic carbocycles. The van der Waals surface area contributed by atoms with Gasteiger partial charge in [0.15, 0.2) is 5.82 Å². The molecule has 0 fully saturated rings. The van der Waals surface area contributed by atoms with Crippen LogP contribution in [0.2, 0.25) is 0 Å². The van der Waals surface area contributed by atoms with E-state index in [4.69, 9.17) is 5.73 Å². The highest BCUT2D eigenvalue weighted by atomic mass is 19.1. The third kappa shape index (κ3) is 3.11. The van der Waals surface area contributed by atoms with Gasteiger partial charge in [0.25, 0.3) is 5.91 Å². The molecule has 0 unspecified atom stereocenters. The van der Waals surface area contributed by atoms with Gasteiger partial charge in [0.2, 0.25) is 0 Å². The predicted octanol–water partition coefficient (Wildman–Crippen LogP) is 1.56. The molecule has 1 aromatic heterocycles. The first kappa shape index (κ1) is 14.0. The maximum atomic E-state index is 13.6. The Balaban J connectivity index is 1.90. The number of nitrogens with zero attached hydrogens (tertiary/aromatic N) is 2. The van der Waals surface area contributed by atoms with Gasteiger partial charge in [-0.3, -0.25) is 4.79 Å². The van der Waals surface area contributed by atoms with Gasteiger partial charge in [0.05, 0.1) is 12.0 Å². The van der Waals surface area contributed by atoms with Crippen LogP contribution in [-0.4, -0.2) is 22.0 Å². The van der Waals surface area contributed by atoms with Gasteiger partial charge in [-0.05, 0) is 18.6 Å². The van der Waals surface area contributed by atoms with Gasteiger partial charge in [-0.1, -0.05) is 0 Å². The lowest BCUT2D eigenvalue weighted by molar-refractivity contribution is 0.0944. The lowest BCUT2D eigenvalue weighted by Gasteiger charge is -2.08. The molecule has 106 valence electrons. The number of nitrogens with two attached hydrogens (primary N) is 1. The Bertz CT molecular complexity index is 599. The summed E-state index contributed by atoms with van der Waals surface area (Å²) in [6.07, 6.45) is 5.71. The van der Waals surface area contributed by atoms with Gasteiger partial charge in [-0.2, -0.15) is 0 Å². The second-order valence-electron chi connectivity index (χ2n) is 4.24. The summed E-state index contributed by atoms with van der Waals surface area (Å²) >= 11 is 0. The monoisotopic (exact) mass is 280 g/mol. The van der Waals surface area contributed by atoms with Gasteiger partial charge in [0, 0.05) is 25.5 Å². The summed E-state index contributed by atoms with van der Waals surface area (Å²) < 4.78 is 28.9. The molecule has 1 heterocycles. The molecule has 0 bridgehead atoms. The van der Waals surface area contributed by atoms with Crippen molar-refractivity contribution in [1.29, 1.82) is 0 Å². The van der Waals surface area contributed by atoms with E-state index in [1.54, 1.807) is 18.7 Å². The highest BCUT2D eigenvalue weighted by Gasteiger charge is 2.18. The topological polar surface area (TPSA) is 72.9 Å². The van der Waals surface area contributed by atoms with E-state index in [0.717, 1.165) is 12.1 Å². The maximum absolute atomic E-state index is 13.6. The van der Waals surface area contributed by atoms with Crippen molar-refractivity contribution in [3.63, 3.8) is 0 Å². The predicted molar refractivity (Wildman–Crippen MR) is 69.9 cm³/mol. The van der Waals surface area contributed by atoms with Crippen molar-refractivity contribution in [3.8, 4) is 0 Å². The van der Waals surface area contributed by atoms with Crippen molar-refractivity contribution in [2.24, 2.45) is 0 Å². The van der Waals surface area contributed by atoms with Crippen LogP contribution >= 0.6 is 0 Å². The molecule has 20 heavy (non-hydrogen) atoms. The summed E-state index contributed by atoms with van der Waals surface area (Å²) in [5, 5.41) is 2.46. The number of halogens is 2. The zero-order valence-corrected chi connectivity index (χ0v) is 10.6. The Morgan fingerprint density at radius 2 is 2.20 bits per heavy atom. The number of hydrogen-bond donors (Lipinski definition) is 2. The number of anilines is 1. The number of carbonyl (C=O) groups excluding carboxylic acids is 1. The number of amides is 1. The van der Waals surface area contributed by atoms with Crippen molar-refractivity contribution >= 4 is 11.6 Å². The summed E-state index contributed by atoms with van der Waals surface area (Å²) in [6.45, 7) is 0.951. The highest BCUT2D eigenvalue weighted by molar-refractivity contribution is 5.95. The van der Waals surface area contributed by atoms with Crippen molar-refractivity contribution in [2.45, 2.75) is 13.0 Å². The summed E-state index contributed by atoms with van der Waals surface area (Å²) in [7, 11) is 0. The minimum atomic E-state index is -1.03. The molecule has 7 heteroatoms. The van der Waals surface area contributed by atoms with Gasteiger partial charge < -0.3 is 15.6 Å². The molecule has 0 aliphatic heterocycles. The minimum Gasteiger partial charge on any atom is -0.396 e. The van der Waals surface area contributed by atoms with E-state index in [1.807, 2.05) is 4.57 Å². The maximum Gasteiger partial charge on any atom is 0.257 e. The number of nitrogen functional groups attached to an aromatic ring is 1. The Hall–Kier alpha value is -2.44. The molecule has 1 amide bonds. The first-order chi connectivity index (χ1) is 9.59. The largest absolute Gasteiger partial charge is 0.396 e. The average molecular weight is 280 g/mol. The molecule has 0 spiro atoms. The van der Waals surface area contributed by atoms with Crippen LogP contribution in [0.5, 0.6) is 0 Å². The molecule has 0 aliphatic rings. The number of hydrogen-bond acceptors (Lipinski definition) is 3. The second-order valence-corrected chi connectivity index (χ2v) is 4.24. The SMILES string of the molecule is Nc1ccc(F)c(C(=O)NCCCn2ccnc2)c1F. The Morgan fingerprint density at radius 1 is 1.40 bits per heavy atom. The molecular weight excluding hydrogens is 266 g/mol. The van der Waals surface area contributed by atoms with E-state index in [0.29, 0.717) is 19.5 Å². The Labute approximate surface area is 114 Å². The molecule has 5 nitrogen and oxygen atoms in total. The van der Waals surface area contributed by atoms with Crippen LogP contribution in [0, 0.1) is 11.6 Å². The van der Waals surface area contributed by atoms with Crippen LogP contribution in [0.15, 0.2) is 30.9 Å². The Kier molecular flexibility index (Phi) is 4.29. The first-order valence-corrected chi connectivity index (χ1v) is 6.07. The molecule has 2 aromatic rings. The van der Waals surface area contributed by atoms with E-state index < -0.39 is 23.1 Å². The van der Waals surface area contributed by atoms with E-state index in [9.17, 15) is 13.6 Å². The highest BCUT2D eigenvalue weighted by Crippen LogP contribution is 2.18. The standard InChI is InChI=1S/C13H14F2N4O/c14-9-2-3-10(16)12(15)11(9)13(20)18-4-1-6-19-7-5-17-8-19/h2-3,5,7-8H,1,4,6,16H2,(H,18,20). The average Bonchev–Trinajstić information content (AvgIpc) is 2.93. The Morgan fingerprint density at radius 3 is 2.90 bits per heavy atom. The summed E-state index contributed by atoms with van der Waals surface area (Å²) in [5.74, 6) is -2.76. The first-order valence-electron chi connectivity index (χ1n) is 6.07. The van der Waals surface area contributed by atoms with E-state index >= 15 is 0 Å². The van der Waals surface area contributed by atoms with Crippen LogP contribution in [-0.2, 0) is 6.54 Å². The minimum absolute atomic E-state index is 0.255. The van der Waals surface area contributed by atoms with E-state index in [-0.39, 0.29) is 5.69 Å². The third-order valence-electron chi connectivity index (χ3n) is 2.79. The van der Waals surface area contributed by atoms with Crippen molar-refractivity contribution in [2.75, 3.05) is 12.3 Å². The number of aromatic nitrogens is 2. The van der Waals surface area contributed by atoms with Crippen molar-refractivity contribution < 1.29 is 13.6 Å². The van der Waals surface area contributed by atoms with Gasteiger partial charge in [-0.25, -0.2) is 13.8 Å². The van der Waals surface area contributed by atoms with Crippen LogP contribution in [0.4, 0.5) is 14.5 Å². The zero-order chi connectivity index (χ0) is 14.5. The van der Waals surface area contributed by atoms with Crippen molar-refractivity contribution in [1.82, 2.24) is 14.9 Å². The van der Waals surface area contributed by atoms with Crippen LogP contribution < -0.4 is 11.1 Å². The quantitative estimate of drug-likeness (QED) is 0.645. The fourth-order valence-corrected chi connectivity index (χ4v) is 1.75. The number of rotatable bonds is 5. The van der Waals surface area contributed by atoms with E-state index in [1.165, 1.54) is 0 Å². The van der Waals surface area contributed by atoms with E-state index in [2.05, 4.69) is 10.3 Å². The second kappa shape index (κ2) is 6.14. The smallest absolute Gasteiger partial charge is 0.257 e. The molecule has 0 aliphatic carbocycles. The normalized spacial score (nSPS) is 10.5. The number of imidazole rings is 1. The number of carbonyl (C=O) groups is 1. The van der Waals surface area contributed by atoms with Crippen LogP contribution in [0.25, 0.3) is 0 Å². The number of nitrogens with one attached hydrogen (secondary N) is 1. The van der Waals surface area contributed by atoms with Gasteiger partial charge in [0.1, 0.15) is 11.4 Å². The van der Waals surface area contributed by atoms with Gasteiger partial charge >= 0.3 is 0 Å². The summed E-state index contributed by atoms with van der Waals surface area (Å²) in [4.78, 5) is 15.6. The molecule has 0 saturated carbocycles. The summed E-state index contributed by atoms with van der Waals surface area (Å²) in [5.41, 5.74) is 4.41. The molecule has 2 rings (SSSR count). The molecule has 3 N–H and O–H groups in total. The summed E-state index contributed by atoms with van der Waals surface area (Å²) in [6, 6.07) is 2.05. The number of aryl methyl sites for hydroxylation is 1. The number of benzene rings is 1. The fourth-order valence-electron chi connectivity index (χ4n) is 1.75. The zero-order valence-electron chi connectivity index (χ0n) is 10.6. The van der Waals surface area contributed by atoms with Gasteiger partial charge in [-0.15, -0.1) is 0 Å². The van der Waals surface area contributed by atoms with Crippen LogP contribution in [0.1, 0.15) is 16.8 Å². The fraction of sp³-hybridized carbons (Fsp3) is 0.231. The lowest BCUT2D eigenvalue weighted by atomic mass is 10.1. The van der Waals surface area contributed by atoms with Crippen molar-refractivity contribution in [3.05, 3.63) is 48.1 Å². The molecule has 0 atom stereocenters.